The van der Waals surface area contributed by atoms with Crippen molar-refractivity contribution in [2.75, 3.05) is 0 Å². The van der Waals surface area contributed by atoms with Crippen molar-refractivity contribution in [3.8, 4) is 0 Å². The lowest BCUT2D eigenvalue weighted by molar-refractivity contribution is 0.510. The van der Waals surface area contributed by atoms with Crippen LogP contribution in [0.15, 0.2) is 17.2 Å². The van der Waals surface area contributed by atoms with Gasteiger partial charge in [0.05, 0.1) is 21.8 Å². The Kier molecular flexibility index (Phi) is 5.12. The SMILES string of the molecule is CC(=N)SC(=N)Sc1nc2cc(F)c(F)cc2nc1C(C)C. The van der Waals surface area contributed by atoms with Gasteiger partial charge in [-0.3, -0.25) is 10.8 Å². The molecule has 0 saturated carbocycles. The number of rotatable bonds is 2. The van der Waals surface area contributed by atoms with Crippen molar-refractivity contribution in [1.82, 2.24) is 9.97 Å². The minimum absolute atomic E-state index is 0.0198. The number of benzene rings is 1. The van der Waals surface area contributed by atoms with E-state index in [1.54, 1.807) is 6.92 Å². The molecule has 0 aliphatic heterocycles. The van der Waals surface area contributed by atoms with Crippen molar-refractivity contribution >= 4 is 44.0 Å². The molecule has 2 aromatic rings. The Hall–Kier alpha value is -1.54. The maximum absolute atomic E-state index is 13.3. The van der Waals surface area contributed by atoms with Gasteiger partial charge in [-0.25, -0.2) is 18.7 Å². The summed E-state index contributed by atoms with van der Waals surface area (Å²) in [6.45, 7) is 5.42. The highest BCUT2D eigenvalue weighted by Crippen LogP contribution is 2.31. The van der Waals surface area contributed by atoms with E-state index in [9.17, 15) is 8.78 Å². The maximum atomic E-state index is 13.3. The lowest BCUT2D eigenvalue weighted by Crippen LogP contribution is -2.02. The molecule has 8 heteroatoms. The van der Waals surface area contributed by atoms with Crippen LogP contribution in [0.5, 0.6) is 0 Å². The van der Waals surface area contributed by atoms with Crippen LogP contribution in [-0.2, 0) is 0 Å². The van der Waals surface area contributed by atoms with Gasteiger partial charge in [-0.15, -0.1) is 0 Å². The summed E-state index contributed by atoms with van der Waals surface area (Å²) in [5.74, 6) is -1.92. The van der Waals surface area contributed by atoms with Crippen molar-refractivity contribution in [1.29, 1.82) is 10.8 Å². The molecular weight excluding hydrogens is 326 g/mol. The van der Waals surface area contributed by atoms with E-state index >= 15 is 0 Å². The number of hydrogen-bond donors (Lipinski definition) is 2. The van der Waals surface area contributed by atoms with Gasteiger partial charge >= 0.3 is 0 Å². The second-order valence-electron chi connectivity index (χ2n) is 4.87. The molecule has 0 unspecified atom stereocenters. The van der Waals surface area contributed by atoms with E-state index in [1.807, 2.05) is 13.8 Å². The molecule has 2 rings (SSSR count). The monoisotopic (exact) mass is 340 g/mol. The normalized spacial score (nSPS) is 11.2. The summed E-state index contributed by atoms with van der Waals surface area (Å²) in [7, 11) is 0. The molecule has 0 bridgehead atoms. The molecule has 0 aliphatic carbocycles. The summed E-state index contributed by atoms with van der Waals surface area (Å²) in [6.07, 6.45) is 0. The van der Waals surface area contributed by atoms with E-state index in [0.717, 1.165) is 35.7 Å². The molecule has 0 saturated heterocycles. The zero-order chi connectivity index (χ0) is 16.4. The number of halogens is 2. The van der Waals surface area contributed by atoms with Gasteiger partial charge in [-0.1, -0.05) is 13.8 Å². The lowest BCUT2D eigenvalue weighted by Gasteiger charge is -2.12. The summed E-state index contributed by atoms with van der Waals surface area (Å²) >= 11 is 2.08. The van der Waals surface area contributed by atoms with Gasteiger partial charge < -0.3 is 0 Å². The first-order chi connectivity index (χ1) is 10.3. The summed E-state index contributed by atoms with van der Waals surface area (Å²) in [4.78, 5) is 8.67. The van der Waals surface area contributed by atoms with Gasteiger partial charge in [-0.2, -0.15) is 0 Å². The number of aromatic nitrogens is 2. The molecule has 0 spiro atoms. The van der Waals surface area contributed by atoms with Gasteiger partial charge in [0, 0.05) is 12.1 Å². The summed E-state index contributed by atoms with van der Waals surface area (Å²) in [6, 6.07) is 2.03. The van der Waals surface area contributed by atoms with Gasteiger partial charge in [-0.05, 0) is 36.4 Å². The smallest absolute Gasteiger partial charge is 0.161 e. The number of fused-ring (bicyclic) bond motifs is 1. The molecule has 2 N–H and O–H groups in total. The summed E-state index contributed by atoms with van der Waals surface area (Å²) < 4.78 is 26.9. The Bertz CT molecular complexity index is 762. The number of hydrogen-bond acceptors (Lipinski definition) is 6. The van der Waals surface area contributed by atoms with Crippen molar-refractivity contribution in [2.24, 2.45) is 0 Å². The zero-order valence-electron chi connectivity index (χ0n) is 12.2. The van der Waals surface area contributed by atoms with Crippen molar-refractivity contribution in [2.45, 2.75) is 31.7 Å². The first kappa shape index (κ1) is 16.8. The molecule has 0 fully saturated rings. The standard InChI is InChI=1S/C14H14F2N4S2/c1-6(2)12-13(22-14(18)21-7(3)17)20-11-5-9(16)8(15)4-10(11)19-12/h4-6,17-18H,1-3H3. The summed E-state index contributed by atoms with van der Waals surface area (Å²) in [5, 5.41) is 16.0. The van der Waals surface area contributed by atoms with Gasteiger partial charge in [0.25, 0.3) is 0 Å². The van der Waals surface area contributed by atoms with Gasteiger partial charge in [0.1, 0.15) is 9.40 Å². The molecule has 0 atom stereocenters. The lowest BCUT2D eigenvalue weighted by atomic mass is 10.1. The highest BCUT2D eigenvalue weighted by Gasteiger charge is 2.17. The first-order valence-corrected chi connectivity index (χ1v) is 8.07. The van der Waals surface area contributed by atoms with Crippen molar-refractivity contribution < 1.29 is 8.78 Å². The molecular formula is C14H14F2N4S2. The highest BCUT2D eigenvalue weighted by molar-refractivity contribution is 8.44. The molecule has 0 amide bonds. The first-order valence-electron chi connectivity index (χ1n) is 6.44. The summed E-state index contributed by atoms with van der Waals surface area (Å²) in [5.41, 5.74) is 1.15. The Labute approximate surface area is 135 Å². The van der Waals surface area contributed by atoms with E-state index in [0.29, 0.717) is 15.8 Å². The minimum atomic E-state index is -0.977. The van der Waals surface area contributed by atoms with Crippen LogP contribution in [0, 0.1) is 22.5 Å². The van der Waals surface area contributed by atoms with Gasteiger partial charge in [0.15, 0.2) is 11.6 Å². The fourth-order valence-corrected chi connectivity index (χ4v) is 3.51. The number of nitrogens with zero attached hydrogens (tertiary/aromatic N) is 2. The van der Waals surface area contributed by atoms with Crippen LogP contribution in [0.2, 0.25) is 0 Å². The van der Waals surface area contributed by atoms with E-state index in [2.05, 4.69) is 9.97 Å². The molecule has 0 aliphatic rings. The highest BCUT2D eigenvalue weighted by atomic mass is 32.2. The molecule has 0 radical (unpaired) electrons. The Morgan fingerprint density at radius 2 is 1.64 bits per heavy atom. The second kappa shape index (κ2) is 6.70. The van der Waals surface area contributed by atoms with Gasteiger partial charge in [0.2, 0.25) is 0 Å². The van der Waals surface area contributed by atoms with Crippen LogP contribution in [0.3, 0.4) is 0 Å². The van der Waals surface area contributed by atoms with Crippen LogP contribution in [0.25, 0.3) is 11.0 Å². The maximum Gasteiger partial charge on any atom is 0.161 e. The Morgan fingerprint density at radius 3 is 2.14 bits per heavy atom. The second-order valence-corrected chi connectivity index (χ2v) is 7.35. The molecule has 4 nitrogen and oxygen atoms in total. The molecule has 22 heavy (non-hydrogen) atoms. The largest absolute Gasteiger partial charge is 0.298 e. The quantitative estimate of drug-likeness (QED) is 0.468. The number of nitrogens with one attached hydrogen (secondary N) is 2. The zero-order valence-corrected chi connectivity index (χ0v) is 13.8. The third-order valence-corrected chi connectivity index (χ3v) is 4.35. The topological polar surface area (TPSA) is 73.5 Å². The third-order valence-electron chi connectivity index (χ3n) is 2.68. The van der Waals surface area contributed by atoms with Crippen LogP contribution in [0.1, 0.15) is 32.4 Å². The predicted molar refractivity (Wildman–Crippen MR) is 88.1 cm³/mol. The Morgan fingerprint density at radius 1 is 1.09 bits per heavy atom. The van der Waals surface area contributed by atoms with Crippen LogP contribution < -0.4 is 0 Å². The molecule has 1 heterocycles. The van der Waals surface area contributed by atoms with E-state index in [1.165, 1.54) is 0 Å². The fourth-order valence-electron chi connectivity index (χ4n) is 1.75. The van der Waals surface area contributed by atoms with E-state index < -0.39 is 11.6 Å². The minimum Gasteiger partial charge on any atom is -0.298 e. The van der Waals surface area contributed by atoms with E-state index in [4.69, 9.17) is 10.8 Å². The van der Waals surface area contributed by atoms with Crippen molar-refractivity contribution in [3.05, 3.63) is 29.5 Å². The fraction of sp³-hybridized carbons (Fsp3) is 0.286. The third kappa shape index (κ3) is 3.80. The average molecular weight is 340 g/mol. The van der Waals surface area contributed by atoms with E-state index in [-0.39, 0.29) is 21.3 Å². The number of thioether (sulfide) groups is 2. The predicted octanol–water partition coefficient (Wildman–Crippen LogP) is 4.79. The molecule has 1 aromatic carbocycles. The van der Waals surface area contributed by atoms with Crippen LogP contribution in [-0.4, -0.2) is 19.4 Å². The molecule has 1 aromatic heterocycles. The van der Waals surface area contributed by atoms with Crippen LogP contribution in [0.4, 0.5) is 8.78 Å². The Balaban J connectivity index is 2.51. The van der Waals surface area contributed by atoms with Crippen LogP contribution >= 0.6 is 23.5 Å². The molecule has 116 valence electrons. The average Bonchev–Trinajstić information content (AvgIpc) is 2.38. The van der Waals surface area contributed by atoms with Crippen molar-refractivity contribution in [3.63, 3.8) is 0 Å².